The van der Waals surface area contributed by atoms with Crippen molar-refractivity contribution in [3.63, 3.8) is 0 Å². The van der Waals surface area contributed by atoms with E-state index in [-0.39, 0.29) is 18.3 Å². The molecular formula is C15H20FNO5. The van der Waals surface area contributed by atoms with E-state index in [4.69, 9.17) is 9.47 Å². The van der Waals surface area contributed by atoms with Crippen LogP contribution in [0.5, 0.6) is 5.75 Å². The summed E-state index contributed by atoms with van der Waals surface area (Å²) in [6, 6.07) is 5.02. The molecule has 0 radical (unpaired) electrons. The van der Waals surface area contributed by atoms with Crippen LogP contribution in [0.1, 0.15) is 12.8 Å². The van der Waals surface area contributed by atoms with Crippen LogP contribution in [-0.2, 0) is 9.53 Å². The van der Waals surface area contributed by atoms with Crippen molar-refractivity contribution in [2.45, 2.75) is 37.2 Å². The normalized spacial score (nSPS) is 28.2. The largest absolute Gasteiger partial charge is 0.488 e. The van der Waals surface area contributed by atoms with E-state index in [0.29, 0.717) is 12.8 Å². The maximum Gasteiger partial charge on any atom is 0.246 e. The molecule has 1 aliphatic rings. The van der Waals surface area contributed by atoms with Crippen molar-refractivity contribution in [3.8, 4) is 5.75 Å². The summed E-state index contributed by atoms with van der Waals surface area (Å²) in [4.78, 5) is 11.5. The van der Waals surface area contributed by atoms with Gasteiger partial charge >= 0.3 is 0 Å². The fourth-order valence-electron chi connectivity index (χ4n) is 2.52. The zero-order valence-corrected chi connectivity index (χ0v) is 12.2. The molecule has 0 heterocycles. The lowest BCUT2D eigenvalue weighted by atomic mass is 9.87. The molecule has 22 heavy (non-hydrogen) atoms. The molecule has 1 amide bonds. The third-order valence-electron chi connectivity index (χ3n) is 3.61. The predicted octanol–water partition coefficient (Wildman–Crippen LogP) is 0.220. The first-order valence-corrected chi connectivity index (χ1v) is 7.08. The lowest BCUT2D eigenvalue weighted by Crippen LogP contribution is -2.57. The minimum atomic E-state index is -1.18. The number of rotatable bonds is 5. The third kappa shape index (κ3) is 4.16. The van der Waals surface area contributed by atoms with Gasteiger partial charge in [-0.15, -0.1) is 0 Å². The molecule has 0 bridgehead atoms. The summed E-state index contributed by atoms with van der Waals surface area (Å²) in [5.74, 6) is -0.505. The first-order valence-electron chi connectivity index (χ1n) is 7.08. The smallest absolute Gasteiger partial charge is 0.246 e. The Morgan fingerprint density at radius 2 is 2.14 bits per heavy atom. The van der Waals surface area contributed by atoms with Gasteiger partial charge in [-0.3, -0.25) is 4.79 Å². The highest BCUT2D eigenvalue weighted by atomic mass is 19.1. The van der Waals surface area contributed by atoms with Gasteiger partial charge in [0.15, 0.2) is 0 Å². The van der Waals surface area contributed by atoms with Crippen molar-refractivity contribution in [2.24, 2.45) is 0 Å². The van der Waals surface area contributed by atoms with E-state index in [0.717, 1.165) is 0 Å². The summed E-state index contributed by atoms with van der Waals surface area (Å²) in [6.45, 7) is -0.109. The average molecular weight is 313 g/mol. The lowest BCUT2D eigenvalue weighted by Gasteiger charge is -2.37. The van der Waals surface area contributed by atoms with E-state index in [1.165, 1.54) is 25.3 Å². The van der Waals surface area contributed by atoms with E-state index >= 15 is 0 Å². The fourth-order valence-corrected chi connectivity index (χ4v) is 2.52. The maximum atomic E-state index is 13.1. The van der Waals surface area contributed by atoms with E-state index in [1.807, 2.05) is 0 Å². The Labute approximate surface area is 127 Å². The molecule has 0 aliphatic heterocycles. The van der Waals surface area contributed by atoms with Crippen LogP contribution in [0.2, 0.25) is 0 Å². The van der Waals surface area contributed by atoms with Crippen LogP contribution in [0, 0.1) is 5.82 Å². The molecule has 0 saturated heterocycles. The Bertz CT molecular complexity index is 512. The monoisotopic (exact) mass is 313 g/mol. The van der Waals surface area contributed by atoms with Gasteiger partial charge in [-0.1, -0.05) is 6.07 Å². The van der Waals surface area contributed by atoms with Crippen LogP contribution in [0.25, 0.3) is 0 Å². The van der Waals surface area contributed by atoms with Gasteiger partial charge in [0.2, 0.25) is 5.91 Å². The Morgan fingerprint density at radius 1 is 1.36 bits per heavy atom. The third-order valence-corrected chi connectivity index (χ3v) is 3.61. The number of nitrogens with one attached hydrogen (secondary N) is 1. The van der Waals surface area contributed by atoms with Crippen molar-refractivity contribution in [2.75, 3.05) is 13.7 Å². The summed E-state index contributed by atoms with van der Waals surface area (Å²) in [5, 5.41) is 22.8. The highest BCUT2D eigenvalue weighted by molar-refractivity contribution is 5.77. The number of benzene rings is 1. The molecule has 1 aliphatic carbocycles. The van der Waals surface area contributed by atoms with Crippen molar-refractivity contribution < 1.29 is 28.9 Å². The van der Waals surface area contributed by atoms with Gasteiger partial charge in [0.1, 0.15) is 36.5 Å². The Kier molecular flexibility index (Phi) is 5.70. The Morgan fingerprint density at radius 3 is 2.82 bits per heavy atom. The number of carbonyl (C=O) groups is 1. The first-order chi connectivity index (χ1) is 10.5. The summed E-state index contributed by atoms with van der Waals surface area (Å²) in [6.07, 6.45) is -2.13. The predicted molar refractivity (Wildman–Crippen MR) is 75.9 cm³/mol. The van der Waals surface area contributed by atoms with Gasteiger partial charge in [0, 0.05) is 13.2 Å². The zero-order valence-electron chi connectivity index (χ0n) is 12.2. The van der Waals surface area contributed by atoms with Crippen LogP contribution in [-0.4, -0.2) is 54.2 Å². The zero-order chi connectivity index (χ0) is 16.1. The topological polar surface area (TPSA) is 88.0 Å². The SMILES string of the molecule is COCC(=O)N[C@@H]1CC[C@@H](Oc2cccc(F)c2)[C@H](O)[C@H]1O. The molecule has 122 valence electrons. The van der Waals surface area contributed by atoms with Gasteiger partial charge in [-0.2, -0.15) is 0 Å². The van der Waals surface area contributed by atoms with Crippen molar-refractivity contribution >= 4 is 5.91 Å². The summed E-state index contributed by atoms with van der Waals surface area (Å²) >= 11 is 0. The van der Waals surface area contributed by atoms with Crippen LogP contribution in [0.15, 0.2) is 24.3 Å². The molecule has 0 spiro atoms. The molecule has 6 nitrogen and oxygen atoms in total. The molecular weight excluding hydrogens is 293 g/mol. The highest BCUT2D eigenvalue weighted by Gasteiger charge is 2.39. The van der Waals surface area contributed by atoms with E-state index in [9.17, 15) is 19.4 Å². The van der Waals surface area contributed by atoms with E-state index in [2.05, 4.69) is 5.32 Å². The van der Waals surface area contributed by atoms with Gasteiger partial charge in [-0.05, 0) is 25.0 Å². The lowest BCUT2D eigenvalue weighted by molar-refractivity contribution is -0.130. The molecule has 2 rings (SSSR count). The van der Waals surface area contributed by atoms with Gasteiger partial charge in [-0.25, -0.2) is 4.39 Å². The molecule has 4 atom stereocenters. The van der Waals surface area contributed by atoms with Gasteiger partial charge in [0.05, 0.1) is 6.04 Å². The number of hydrogen-bond donors (Lipinski definition) is 3. The van der Waals surface area contributed by atoms with Crippen molar-refractivity contribution in [1.82, 2.24) is 5.32 Å². The number of carbonyl (C=O) groups excluding carboxylic acids is 1. The minimum Gasteiger partial charge on any atom is -0.488 e. The summed E-state index contributed by atoms with van der Waals surface area (Å²) in [5.41, 5.74) is 0. The second-order valence-electron chi connectivity index (χ2n) is 5.28. The molecule has 1 fully saturated rings. The molecule has 0 aromatic heterocycles. The van der Waals surface area contributed by atoms with Crippen LogP contribution in [0.3, 0.4) is 0 Å². The van der Waals surface area contributed by atoms with Gasteiger partial charge in [0.25, 0.3) is 0 Å². The number of ether oxygens (including phenoxy) is 2. The average Bonchev–Trinajstić information content (AvgIpc) is 2.47. The molecule has 1 saturated carbocycles. The number of halogens is 1. The molecule has 7 heteroatoms. The molecule has 0 unspecified atom stereocenters. The standard InChI is InChI=1S/C15H20FNO5/c1-21-8-13(18)17-11-5-6-12(15(20)14(11)19)22-10-4-2-3-9(16)7-10/h2-4,7,11-12,14-15,19-20H,5-6,8H2,1H3,(H,17,18)/t11-,12-,14+,15+/m1/s1. The van der Waals surface area contributed by atoms with Crippen LogP contribution >= 0.6 is 0 Å². The molecule has 1 aromatic carbocycles. The number of methoxy groups -OCH3 is 1. The summed E-state index contributed by atoms with van der Waals surface area (Å²) in [7, 11) is 1.40. The second-order valence-corrected chi connectivity index (χ2v) is 5.28. The fraction of sp³-hybridized carbons (Fsp3) is 0.533. The number of amides is 1. The Balaban J connectivity index is 1.94. The molecule has 1 aromatic rings. The first kappa shape index (κ1) is 16.7. The van der Waals surface area contributed by atoms with Crippen molar-refractivity contribution in [3.05, 3.63) is 30.1 Å². The van der Waals surface area contributed by atoms with Crippen LogP contribution < -0.4 is 10.1 Å². The Hall–Kier alpha value is -1.70. The van der Waals surface area contributed by atoms with E-state index in [1.54, 1.807) is 6.07 Å². The van der Waals surface area contributed by atoms with Crippen molar-refractivity contribution in [1.29, 1.82) is 0 Å². The summed E-state index contributed by atoms with van der Waals surface area (Å²) < 4.78 is 23.4. The highest BCUT2D eigenvalue weighted by Crippen LogP contribution is 2.25. The minimum absolute atomic E-state index is 0.109. The van der Waals surface area contributed by atoms with E-state index < -0.39 is 30.2 Å². The van der Waals surface area contributed by atoms with Gasteiger partial charge < -0.3 is 25.0 Å². The number of aliphatic hydroxyl groups is 2. The maximum absolute atomic E-state index is 13.1. The number of aliphatic hydroxyl groups excluding tert-OH is 2. The number of hydrogen-bond acceptors (Lipinski definition) is 5. The molecule has 3 N–H and O–H groups in total. The quantitative estimate of drug-likeness (QED) is 0.724. The van der Waals surface area contributed by atoms with Crippen LogP contribution in [0.4, 0.5) is 4.39 Å². The second kappa shape index (κ2) is 7.53.